The quantitative estimate of drug-likeness (QED) is 0.220. The maximum atomic E-state index is 12.7. The van der Waals surface area contributed by atoms with Gasteiger partial charge in [-0.15, -0.1) is 0 Å². The van der Waals surface area contributed by atoms with Gasteiger partial charge in [-0.25, -0.2) is 4.79 Å². The number of esters is 1. The van der Waals surface area contributed by atoms with Crippen LogP contribution < -0.4 is 9.47 Å². The first-order valence-corrected chi connectivity index (χ1v) is 12.1. The van der Waals surface area contributed by atoms with Gasteiger partial charge in [-0.3, -0.25) is 14.5 Å². The highest BCUT2D eigenvalue weighted by Gasteiger charge is 2.41. The van der Waals surface area contributed by atoms with E-state index in [0.717, 1.165) is 25.8 Å². The van der Waals surface area contributed by atoms with Crippen LogP contribution in [0.2, 0.25) is 10.0 Å². The number of benzene rings is 2. The van der Waals surface area contributed by atoms with Crippen LogP contribution in [0.5, 0.6) is 11.5 Å². The molecule has 11 heteroatoms. The SMILES string of the molecule is COC(=O)[C@H](C)N1C(=O)S/C(=C/c2cc(I)c(OCc3ccc(Cl)c(Cl)c3)c(OC)c2)C1=O. The summed E-state index contributed by atoms with van der Waals surface area (Å²) in [7, 11) is 2.71. The first kappa shape index (κ1) is 25.7. The largest absolute Gasteiger partial charge is 0.493 e. The summed E-state index contributed by atoms with van der Waals surface area (Å²) in [5, 5.41) is 0.361. The van der Waals surface area contributed by atoms with Gasteiger partial charge in [0.15, 0.2) is 11.5 Å². The highest BCUT2D eigenvalue weighted by molar-refractivity contribution is 14.1. The van der Waals surface area contributed by atoms with Crippen molar-refractivity contribution in [1.29, 1.82) is 0 Å². The summed E-state index contributed by atoms with van der Waals surface area (Å²) in [6.07, 6.45) is 1.57. The van der Waals surface area contributed by atoms with Crippen LogP contribution in [-0.4, -0.2) is 42.3 Å². The van der Waals surface area contributed by atoms with Crippen LogP contribution in [0.1, 0.15) is 18.1 Å². The van der Waals surface area contributed by atoms with Gasteiger partial charge in [-0.05, 0) is 82.7 Å². The number of ether oxygens (including phenoxy) is 3. The van der Waals surface area contributed by atoms with Crippen molar-refractivity contribution >= 4 is 80.7 Å². The van der Waals surface area contributed by atoms with Crippen LogP contribution in [0.4, 0.5) is 4.79 Å². The Morgan fingerprint density at radius 1 is 1.18 bits per heavy atom. The van der Waals surface area contributed by atoms with Gasteiger partial charge in [0, 0.05) is 0 Å². The number of methoxy groups -OCH3 is 2. The lowest BCUT2D eigenvalue weighted by Gasteiger charge is -2.18. The van der Waals surface area contributed by atoms with Gasteiger partial charge in [-0.2, -0.15) is 0 Å². The smallest absolute Gasteiger partial charge is 0.328 e. The maximum Gasteiger partial charge on any atom is 0.328 e. The van der Waals surface area contributed by atoms with Crippen LogP contribution in [-0.2, 0) is 20.9 Å². The lowest BCUT2D eigenvalue weighted by atomic mass is 10.1. The van der Waals surface area contributed by atoms with E-state index in [9.17, 15) is 14.4 Å². The van der Waals surface area contributed by atoms with Gasteiger partial charge < -0.3 is 14.2 Å². The fourth-order valence-electron chi connectivity index (χ4n) is 2.99. The fraction of sp³-hybridized carbons (Fsp3) is 0.227. The molecule has 0 radical (unpaired) electrons. The van der Waals surface area contributed by atoms with Crippen molar-refractivity contribution in [3.63, 3.8) is 0 Å². The Bertz CT molecular complexity index is 1160. The van der Waals surface area contributed by atoms with Crippen LogP contribution in [0, 0.1) is 3.57 Å². The Labute approximate surface area is 218 Å². The predicted octanol–water partition coefficient (Wildman–Crippen LogP) is 5.78. The molecule has 0 saturated carbocycles. The molecule has 0 bridgehead atoms. The second kappa shape index (κ2) is 11.0. The molecule has 2 aromatic carbocycles. The minimum absolute atomic E-state index is 0.193. The van der Waals surface area contributed by atoms with Crippen LogP contribution in [0.25, 0.3) is 6.08 Å². The standard InChI is InChI=1S/C22H18Cl2INO6S/c1-11(21(28)31-3)26-20(27)18(33-22(26)29)9-13-7-16(25)19(17(8-13)30-2)32-10-12-4-5-14(23)15(24)6-12/h4-9,11H,10H2,1-3H3/b18-9+/t11-/m0/s1. The highest BCUT2D eigenvalue weighted by Crippen LogP contribution is 2.38. The minimum Gasteiger partial charge on any atom is -0.493 e. The van der Waals surface area contributed by atoms with E-state index < -0.39 is 23.2 Å². The van der Waals surface area contributed by atoms with E-state index in [0.29, 0.717) is 27.1 Å². The van der Waals surface area contributed by atoms with Crippen molar-refractivity contribution in [2.24, 2.45) is 0 Å². The number of amides is 2. The van der Waals surface area contributed by atoms with E-state index in [2.05, 4.69) is 27.3 Å². The first-order valence-electron chi connectivity index (χ1n) is 9.45. The molecule has 0 aliphatic carbocycles. The molecule has 7 nitrogen and oxygen atoms in total. The number of carbonyl (C=O) groups excluding carboxylic acids is 3. The summed E-state index contributed by atoms with van der Waals surface area (Å²) in [6, 6.07) is 7.72. The van der Waals surface area contributed by atoms with E-state index in [1.165, 1.54) is 21.1 Å². The van der Waals surface area contributed by atoms with Crippen LogP contribution in [0.3, 0.4) is 0 Å². The lowest BCUT2D eigenvalue weighted by Crippen LogP contribution is -2.42. The zero-order valence-electron chi connectivity index (χ0n) is 17.7. The summed E-state index contributed by atoms with van der Waals surface area (Å²) in [4.78, 5) is 37.9. The Balaban J connectivity index is 1.83. The summed E-state index contributed by atoms with van der Waals surface area (Å²) in [5.41, 5.74) is 1.47. The molecule has 2 aromatic rings. The number of nitrogens with zero attached hydrogens (tertiary/aromatic N) is 1. The zero-order valence-corrected chi connectivity index (χ0v) is 22.2. The van der Waals surface area contributed by atoms with Gasteiger partial charge in [0.1, 0.15) is 12.6 Å². The summed E-state index contributed by atoms with van der Waals surface area (Å²) < 4.78 is 16.8. The third-order valence-corrected chi connectivity index (χ3v) is 7.09. The third-order valence-electron chi connectivity index (χ3n) is 4.67. The normalized spacial score (nSPS) is 15.7. The molecular formula is C22H18Cl2INO6S. The molecule has 1 aliphatic rings. The predicted molar refractivity (Wildman–Crippen MR) is 136 cm³/mol. The molecule has 0 unspecified atom stereocenters. The molecule has 33 heavy (non-hydrogen) atoms. The highest BCUT2D eigenvalue weighted by atomic mass is 127. The van der Waals surface area contributed by atoms with E-state index in [1.807, 2.05) is 6.07 Å². The Kier molecular flexibility index (Phi) is 8.54. The summed E-state index contributed by atoms with van der Waals surface area (Å²) >= 11 is 14.9. The number of hydrogen-bond acceptors (Lipinski definition) is 7. The van der Waals surface area contributed by atoms with Gasteiger partial charge in [0.05, 0.1) is 32.7 Å². The van der Waals surface area contributed by atoms with E-state index in [1.54, 1.807) is 30.3 Å². The van der Waals surface area contributed by atoms with E-state index >= 15 is 0 Å². The second-order valence-electron chi connectivity index (χ2n) is 6.82. The molecule has 0 spiro atoms. The molecular weight excluding hydrogens is 604 g/mol. The average Bonchev–Trinajstić information content (AvgIpc) is 3.06. The van der Waals surface area contributed by atoms with E-state index in [-0.39, 0.29) is 11.5 Å². The number of imide groups is 1. The maximum absolute atomic E-state index is 12.7. The zero-order chi connectivity index (χ0) is 24.3. The molecule has 3 rings (SSSR count). The molecule has 1 saturated heterocycles. The van der Waals surface area contributed by atoms with Crippen molar-refractivity contribution in [3.05, 3.63) is 60.0 Å². The second-order valence-corrected chi connectivity index (χ2v) is 9.79. The number of carbonyl (C=O) groups is 3. The Hall–Kier alpha value is -1.95. The Morgan fingerprint density at radius 2 is 1.91 bits per heavy atom. The van der Waals surface area contributed by atoms with Crippen LogP contribution >= 0.6 is 57.6 Å². The number of rotatable bonds is 7. The molecule has 0 aromatic heterocycles. The first-order chi connectivity index (χ1) is 15.7. The topological polar surface area (TPSA) is 82.1 Å². The fourth-order valence-corrected chi connectivity index (χ4v) is 5.00. The molecule has 1 aliphatic heterocycles. The average molecular weight is 622 g/mol. The number of hydrogen-bond donors (Lipinski definition) is 0. The molecule has 1 atom stereocenters. The van der Waals surface area contributed by atoms with Gasteiger partial charge in [0.25, 0.3) is 11.1 Å². The van der Waals surface area contributed by atoms with Crippen molar-refractivity contribution < 1.29 is 28.6 Å². The van der Waals surface area contributed by atoms with Gasteiger partial charge in [-0.1, -0.05) is 29.3 Å². The Morgan fingerprint density at radius 3 is 2.55 bits per heavy atom. The van der Waals surface area contributed by atoms with Crippen molar-refractivity contribution in [3.8, 4) is 11.5 Å². The van der Waals surface area contributed by atoms with Crippen LogP contribution in [0.15, 0.2) is 35.2 Å². The molecule has 1 fully saturated rings. The molecule has 1 heterocycles. The lowest BCUT2D eigenvalue weighted by molar-refractivity contribution is -0.148. The third kappa shape index (κ3) is 5.76. The van der Waals surface area contributed by atoms with Crippen molar-refractivity contribution in [1.82, 2.24) is 4.90 Å². The monoisotopic (exact) mass is 621 g/mol. The van der Waals surface area contributed by atoms with Gasteiger partial charge >= 0.3 is 5.97 Å². The molecule has 0 N–H and O–H groups in total. The molecule has 174 valence electrons. The van der Waals surface area contributed by atoms with Crippen molar-refractivity contribution in [2.45, 2.75) is 19.6 Å². The summed E-state index contributed by atoms with van der Waals surface area (Å²) in [6.45, 7) is 1.68. The van der Waals surface area contributed by atoms with Gasteiger partial charge in [0.2, 0.25) is 0 Å². The van der Waals surface area contributed by atoms with E-state index in [4.69, 9.17) is 32.7 Å². The number of thioether (sulfide) groups is 1. The minimum atomic E-state index is -1.01. The summed E-state index contributed by atoms with van der Waals surface area (Å²) in [5.74, 6) is -0.251. The molecule has 2 amide bonds. The van der Waals surface area contributed by atoms with Crippen molar-refractivity contribution in [2.75, 3.05) is 14.2 Å². The number of halogens is 3.